The lowest BCUT2D eigenvalue weighted by molar-refractivity contribution is 0.302. The molecule has 31 heavy (non-hydrogen) atoms. The Hall–Kier alpha value is -4.43. The topological polar surface area (TPSA) is 71.9 Å². The standard InChI is InChI=1S/C26H17N3O2/c27-16-25-29-24-10-4-7-20(26(24)31-25)12-11-18-5-3-8-22(15-18)30-17-21-14-13-19-6-1-2-9-23(19)28-21/h1-15H,17H2. The molecule has 0 aliphatic rings. The molecule has 2 heterocycles. The molecular formula is C26H17N3O2. The molecule has 0 unspecified atom stereocenters. The highest BCUT2D eigenvalue weighted by Crippen LogP contribution is 2.23. The number of ether oxygens (including phenoxy) is 1. The summed E-state index contributed by atoms with van der Waals surface area (Å²) in [6.07, 6.45) is 3.92. The van der Waals surface area contributed by atoms with Crippen LogP contribution in [0.4, 0.5) is 0 Å². The molecule has 0 atom stereocenters. The summed E-state index contributed by atoms with van der Waals surface area (Å²) in [6, 6.07) is 27.5. The number of para-hydroxylation sites is 2. The number of hydrogen-bond acceptors (Lipinski definition) is 5. The largest absolute Gasteiger partial charge is 0.487 e. The maximum absolute atomic E-state index is 9.01. The molecule has 5 rings (SSSR count). The van der Waals surface area contributed by atoms with E-state index >= 15 is 0 Å². The van der Waals surface area contributed by atoms with Gasteiger partial charge < -0.3 is 9.15 Å². The summed E-state index contributed by atoms with van der Waals surface area (Å²) in [4.78, 5) is 8.79. The van der Waals surface area contributed by atoms with Crippen molar-refractivity contribution in [2.24, 2.45) is 0 Å². The third-order valence-electron chi connectivity index (χ3n) is 4.90. The second kappa shape index (κ2) is 8.13. The highest BCUT2D eigenvalue weighted by Gasteiger charge is 2.07. The highest BCUT2D eigenvalue weighted by atomic mass is 16.5. The molecule has 5 aromatic rings. The summed E-state index contributed by atoms with van der Waals surface area (Å²) in [5, 5.41) is 10.1. The van der Waals surface area contributed by atoms with E-state index in [1.807, 2.05) is 91.0 Å². The van der Waals surface area contributed by atoms with Gasteiger partial charge >= 0.3 is 5.89 Å². The molecule has 0 amide bonds. The van der Waals surface area contributed by atoms with Crippen molar-refractivity contribution in [3.8, 4) is 11.8 Å². The Morgan fingerprint density at radius 1 is 0.871 bits per heavy atom. The fourth-order valence-corrected chi connectivity index (χ4v) is 3.39. The predicted molar refractivity (Wildman–Crippen MR) is 120 cm³/mol. The summed E-state index contributed by atoms with van der Waals surface area (Å²) in [5.41, 5.74) is 4.95. The van der Waals surface area contributed by atoms with E-state index in [1.54, 1.807) is 0 Å². The molecule has 2 aromatic heterocycles. The fourth-order valence-electron chi connectivity index (χ4n) is 3.39. The Morgan fingerprint density at radius 2 is 1.74 bits per heavy atom. The monoisotopic (exact) mass is 403 g/mol. The Bertz CT molecular complexity index is 1460. The zero-order valence-electron chi connectivity index (χ0n) is 16.5. The van der Waals surface area contributed by atoms with E-state index in [0.717, 1.165) is 33.5 Å². The van der Waals surface area contributed by atoms with Crippen LogP contribution < -0.4 is 4.74 Å². The number of fused-ring (bicyclic) bond motifs is 2. The Kier molecular flexibility index (Phi) is 4.88. The number of pyridine rings is 1. The summed E-state index contributed by atoms with van der Waals surface area (Å²) in [7, 11) is 0. The summed E-state index contributed by atoms with van der Waals surface area (Å²) >= 11 is 0. The van der Waals surface area contributed by atoms with E-state index < -0.39 is 0 Å². The smallest absolute Gasteiger partial charge is 0.301 e. The third kappa shape index (κ3) is 4.00. The maximum atomic E-state index is 9.01. The van der Waals surface area contributed by atoms with Crippen molar-refractivity contribution in [1.82, 2.24) is 9.97 Å². The molecule has 0 fully saturated rings. The number of benzene rings is 3. The molecular weight excluding hydrogens is 386 g/mol. The van der Waals surface area contributed by atoms with Gasteiger partial charge in [-0.25, -0.2) is 4.98 Å². The summed E-state index contributed by atoms with van der Waals surface area (Å²) in [6.45, 7) is 0.395. The zero-order chi connectivity index (χ0) is 21.0. The number of oxazole rings is 1. The van der Waals surface area contributed by atoms with Crippen molar-refractivity contribution >= 4 is 34.2 Å². The second-order valence-corrected chi connectivity index (χ2v) is 7.02. The molecule has 148 valence electrons. The highest BCUT2D eigenvalue weighted by molar-refractivity contribution is 5.87. The van der Waals surface area contributed by atoms with Crippen molar-refractivity contribution in [1.29, 1.82) is 5.26 Å². The zero-order valence-corrected chi connectivity index (χ0v) is 16.5. The average molecular weight is 403 g/mol. The Morgan fingerprint density at radius 3 is 2.68 bits per heavy atom. The normalized spacial score (nSPS) is 11.2. The van der Waals surface area contributed by atoms with Gasteiger partial charge in [0.1, 0.15) is 17.9 Å². The van der Waals surface area contributed by atoms with Gasteiger partial charge in [0.25, 0.3) is 0 Å². The minimum Gasteiger partial charge on any atom is -0.487 e. The van der Waals surface area contributed by atoms with Crippen LogP contribution in [-0.4, -0.2) is 9.97 Å². The van der Waals surface area contributed by atoms with Gasteiger partial charge in [-0.2, -0.15) is 10.2 Å². The van der Waals surface area contributed by atoms with Gasteiger partial charge in [0.05, 0.1) is 11.2 Å². The van der Waals surface area contributed by atoms with E-state index in [2.05, 4.69) is 16.0 Å². The molecule has 0 radical (unpaired) electrons. The maximum Gasteiger partial charge on any atom is 0.301 e. The predicted octanol–water partition coefficient (Wildman–Crippen LogP) is 6.00. The van der Waals surface area contributed by atoms with Gasteiger partial charge in [0, 0.05) is 10.9 Å². The van der Waals surface area contributed by atoms with E-state index in [0.29, 0.717) is 17.7 Å². The van der Waals surface area contributed by atoms with Crippen molar-refractivity contribution < 1.29 is 9.15 Å². The lowest BCUT2D eigenvalue weighted by atomic mass is 10.1. The van der Waals surface area contributed by atoms with Crippen LogP contribution in [0.2, 0.25) is 0 Å². The average Bonchev–Trinajstić information content (AvgIpc) is 3.26. The van der Waals surface area contributed by atoms with Crippen LogP contribution >= 0.6 is 0 Å². The first-order valence-corrected chi connectivity index (χ1v) is 9.84. The minimum atomic E-state index is 0.0635. The molecule has 0 aliphatic heterocycles. The minimum absolute atomic E-state index is 0.0635. The molecule has 0 spiro atoms. The van der Waals surface area contributed by atoms with E-state index in [-0.39, 0.29) is 5.89 Å². The summed E-state index contributed by atoms with van der Waals surface area (Å²) < 4.78 is 11.5. The van der Waals surface area contributed by atoms with E-state index in [1.165, 1.54) is 0 Å². The quantitative estimate of drug-likeness (QED) is 0.337. The van der Waals surface area contributed by atoms with Crippen LogP contribution in [0.5, 0.6) is 5.75 Å². The molecule has 5 nitrogen and oxygen atoms in total. The van der Waals surface area contributed by atoms with Crippen molar-refractivity contribution in [3.63, 3.8) is 0 Å². The van der Waals surface area contributed by atoms with E-state index in [4.69, 9.17) is 14.4 Å². The number of hydrogen-bond donors (Lipinski definition) is 0. The van der Waals surface area contributed by atoms with Gasteiger partial charge in [-0.1, -0.05) is 60.7 Å². The van der Waals surface area contributed by atoms with Crippen LogP contribution in [0.15, 0.2) is 83.3 Å². The summed E-state index contributed by atoms with van der Waals surface area (Å²) in [5.74, 6) is 0.829. The number of nitrogens with zero attached hydrogens (tertiary/aromatic N) is 3. The van der Waals surface area contributed by atoms with Crippen molar-refractivity contribution in [2.75, 3.05) is 0 Å². The second-order valence-electron chi connectivity index (χ2n) is 7.02. The number of rotatable bonds is 5. The van der Waals surface area contributed by atoms with Crippen LogP contribution in [0, 0.1) is 11.3 Å². The first kappa shape index (κ1) is 18.6. The molecule has 3 aromatic carbocycles. The lowest BCUT2D eigenvalue weighted by Crippen LogP contribution is -1.98. The fraction of sp³-hybridized carbons (Fsp3) is 0.0385. The first-order chi connectivity index (χ1) is 15.3. The van der Waals surface area contributed by atoms with Crippen molar-refractivity contribution in [2.45, 2.75) is 6.61 Å². The lowest BCUT2D eigenvalue weighted by Gasteiger charge is -2.07. The molecule has 0 saturated carbocycles. The van der Waals surface area contributed by atoms with Crippen LogP contribution in [0.1, 0.15) is 22.7 Å². The molecule has 5 heteroatoms. The number of aromatic nitrogens is 2. The van der Waals surface area contributed by atoms with Gasteiger partial charge in [0.15, 0.2) is 11.7 Å². The molecule has 0 aliphatic carbocycles. The van der Waals surface area contributed by atoms with E-state index in [9.17, 15) is 0 Å². The Balaban J connectivity index is 1.33. The van der Waals surface area contributed by atoms with Gasteiger partial charge in [-0.3, -0.25) is 0 Å². The SMILES string of the molecule is N#Cc1nc2cccc(C=Cc3cccc(OCc4ccc5ccccc5n4)c3)c2o1. The molecule has 0 bridgehead atoms. The molecule has 0 saturated heterocycles. The van der Waals surface area contributed by atoms with Crippen LogP contribution in [0.3, 0.4) is 0 Å². The van der Waals surface area contributed by atoms with Crippen LogP contribution in [-0.2, 0) is 6.61 Å². The van der Waals surface area contributed by atoms with Gasteiger partial charge in [-0.15, -0.1) is 0 Å². The van der Waals surface area contributed by atoms with Gasteiger partial charge in [0.2, 0.25) is 0 Å². The van der Waals surface area contributed by atoms with Crippen LogP contribution in [0.25, 0.3) is 34.2 Å². The van der Waals surface area contributed by atoms with Crippen molar-refractivity contribution in [3.05, 3.63) is 102 Å². The number of nitriles is 1. The Labute approximate surface area is 178 Å². The third-order valence-corrected chi connectivity index (χ3v) is 4.90. The van der Waals surface area contributed by atoms with Gasteiger partial charge in [-0.05, 0) is 35.9 Å². The first-order valence-electron chi connectivity index (χ1n) is 9.84. The molecule has 0 N–H and O–H groups in total.